The van der Waals surface area contributed by atoms with E-state index in [1.807, 2.05) is 6.92 Å². The Bertz CT molecular complexity index is 431. The smallest absolute Gasteiger partial charge is 0.342 e. The van der Waals surface area contributed by atoms with Gasteiger partial charge >= 0.3 is 5.69 Å². The molecule has 1 unspecified atom stereocenters. The Morgan fingerprint density at radius 2 is 2.21 bits per heavy atom. The zero-order chi connectivity index (χ0) is 10.1. The Morgan fingerprint density at radius 3 is 2.79 bits per heavy atom. The van der Waals surface area contributed by atoms with Gasteiger partial charge in [-0.25, -0.2) is 9.89 Å². The van der Waals surface area contributed by atoms with Crippen molar-refractivity contribution in [2.24, 2.45) is 5.92 Å². The van der Waals surface area contributed by atoms with Gasteiger partial charge in [-0.15, -0.1) is 5.10 Å². The molecule has 0 aliphatic heterocycles. The Labute approximate surface area is 79.8 Å². The van der Waals surface area contributed by atoms with E-state index in [9.17, 15) is 9.59 Å². The van der Waals surface area contributed by atoms with E-state index in [0.717, 1.165) is 0 Å². The molecule has 1 aromatic rings. The average Bonchev–Trinajstić information content (AvgIpc) is 2.92. The third-order valence-corrected chi connectivity index (χ3v) is 2.40. The fourth-order valence-corrected chi connectivity index (χ4v) is 1.38. The fourth-order valence-electron chi connectivity index (χ4n) is 1.38. The van der Waals surface area contributed by atoms with Gasteiger partial charge in [-0.3, -0.25) is 9.78 Å². The minimum atomic E-state index is -0.584. The Hall–Kier alpha value is -1.59. The monoisotopic (exact) mass is 196 g/mol. The number of nitrogens with one attached hydrogen (secondary N) is 3. The highest BCUT2D eigenvalue weighted by atomic mass is 16.2. The van der Waals surface area contributed by atoms with Gasteiger partial charge < -0.3 is 5.32 Å². The second kappa shape index (κ2) is 3.28. The molecule has 1 fully saturated rings. The summed E-state index contributed by atoms with van der Waals surface area (Å²) in [7, 11) is 0. The van der Waals surface area contributed by atoms with Gasteiger partial charge in [0.15, 0.2) is 0 Å². The number of aromatic amines is 2. The van der Waals surface area contributed by atoms with Gasteiger partial charge in [0.2, 0.25) is 5.82 Å². The molecule has 2 rings (SSSR count). The quantitative estimate of drug-likeness (QED) is 0.617. The van der Waals surface area contributed by atoms with Gasteiger partial charge in [0.25, 0.3) is 5.56 Å². The second-order valence-electron chi connectivity index (χ2n) is 3.63. The summed E-state index contributed by atoms with van der Waals surface area (Å²) in [6.07, 6.45) is 2.38. The molecule has 0 radical (unpaired) electrons. The van der Waals surface area contributed by atoms with Crippen molar-refractivity contribution in [1.82, 2.24) is 15.2 Å². The number of nitrogens with zero attached hydrogens (tertiary/aromatic N) is 1. The molecule has 0 aromatic carbocycles. The molecule has 76 valence electrons. The van der Waals surface area contributed by atoms with Gasteiger partial charge in [-0.05, 0) is 25.7 Å². The van der Waals surface area contributed by atoms with Crippen molar-refractivity contribution in [1.29, 1.82) is 0 Å². The van der Waals surface area contributed by atoms with Crippen LogP contribution in [0.4, 0.5) is 5.82 Å². The number of aromatic nitrogens is 3. The molecule has 6 heteroatoms. The highest BCUT2D eigenvalue weighted by Gasteiger charge is 2.28. The highest BCUT2D eigenvalue weighted by molar-refractivity contribution is 5.30. The molecule has 1 aliphatic carbocycles. The molecule has 0 saturated heterocycles. The molecule has 1 heterocycles. The maximum Gasteiger partial charge on any atom is 0.342 e. The molecule has 1 aromatic heterocycles. The summed E-state index contributed by atoms with van der Waals surface area (Å²) < 4.78 is 0. The van der Waals surface area contributed by atoms with Crippen LogP contribution in [-0.2, 0) is 0 Å². The van der Waals surface area contributed by atoms with E-state index < -0.39 is 11.2 Å². The summed E-state index contributed by atoms with van der Waals surface area (Å²) in [6.45, 7) is 2.00. The molecule has 0 bridgehead atoms. The van der Waals surface area contributed by atoms with Gasteiger partial charge in [-0.1, -0.05) is 0 Å². The van der Waals surface area contributed by atoms with Gasteiger partial charge in [0.1, 0.15) is 0 Å². The van der Waals surface area contributed by atoms with Crippen LogP contribution in [0.5, 0.6) is 0 Å². The Kier molecular flexibility index (Phi) is 2.11. The third-order valence-electron chi connectivity index (χ3n) is 2.40. The van der Waals surface area contributed by atoms with E-state index in [1.54, 1.807) is 0 Å². The predicted molar refractivity (Wildman–Crippen MR) is 51.3 cm³/mol. The average molecular weight is 196 g/mol. The normalized spacial score (nSPS) is 17.8. The molecule has 0 amide bonds. The Balaban J connectivity index is 2.15. The lowest BCUT2D eigenvalue weighted by molar-refractivity contribution is 0.683. The van der Waals surface area contributed by atoms with Crippen molar-refractivity contribution in [3.63, 3.8) is 0 Å². The zero-order valence-electron chi connectivity index (χ0n) is 7.83. The van der Waals surface area contributed by atoms with Gasteiger partial charge in [-0.2, -0.15) is 0 Å². The fraction of sp³-hybridized carbons (Fsp3) is 0.625. The van der Waals surface area contributed by atoms with Gasteiger partial charge in [0, 0.05) is 6.04 Å². The number of rotatable bonds is 3. The Morgan fingerprint density at radius 1 is 1.50 bits per heavy atom. The van der Waals surface area contributed by atoms with Crippen molar-refractivity contribution in [2.75, 3.05) is 5.32 Å². The molecule has 1 atom stereocenters. The van der Waals surface area contributed by atoms with Crippen LogP contribution in [0.2, 0.25) is 0 Å². The first-order chi connectivity index (χ1) is 6.66. The largest absolute Gasteiger partial charge is 0.361 e. The summed E-state index contributed by atoms with van der Waals surface area (Å²) in [5.74, 6) is 0.812. The second-order valence-corrected chi connectivity index (χ2v) is 3.63. The van der Waals surface area contributed by atoms with Crippen molar-refractivity contribution in [3.8, 4) is 0 Å². The minimum Gasteiger partial charge on any atom is -0.361 e. The maximum atomic E-state index is 11.2. The topological polar surface area (TPSA) is 90.6 Å². The lowest BCUT2D eigenvalue weighted by atomic mass is 10.2. The van der Waals surface area contributed by atoms with E-state index in [2.05, 4.69) is 20.5 Å². The molecule has 14 heavy (non-hydrogen) atoms. The summed E-state index contributed by atoms with van der Waals surface area (Å²) >= 11 is 0. The molecule has 6 nitrogen and oxygen atoms in total. The molecular weight excluding hydrogens is 184 g/mol. The number of hydrogen-bond donors (Lipinski definition) is 3. The highest BCUT2D eigenvalue weighted by Crippen LogP contribution is 2.33. The minimum absolute atomic E-state index is 0.184. The predicted octanol–water partition coefficient (Wildman–Crippen LogP) is -0.331. The molecule has 1 saturated carbocycles. The first-order valence-corrected chi connectivity index (χ1v) is 4.62. The van der Waals surface area contributed by atoms with Gasteiger partial charge in [0.05, 0.1) is 0 Å². The van der Waals surface area contributed by atoms with Crippen LogP contribution in [0.25, 0.3) is 0 Å². The van der Waals surface area contributed by atoms with Crippen LogP contribution >= 0.6 is 0 Å². The summed E-state index contributed by atoms with van der Waals surface area (Å²) in [6, 6.07) is 0.231. The molecular formula is C8H12N4O2. The van der Waals surface area contributed by atoms with Crippen LogP contribution < -0.4 is 16.6 Å². The SMILES string of the molecule is CC(Nc1n[nH]c(=O)[nH]c1=O)C1CC1. The number of hydrogen-bond acceptors (Lipinski definition) is 4. The first kappa shape index (κ1) is 8.98. The first-order valence-electron chi connectivity index (χ1n) is 4.62. The number of anilines is 1. The molecule has 3 N–H and O–H groups in total. The van der Waals surface area contributed by atoms with E-state index in [0.29, 0.717) is 5.92 Å². The van der Waals surface area contributed by atoms with Crippen LogP contribution in [0.15, 0.2) is 9.59 Å². The maximum absolute atomic E-state index is 11.2. The van der Waals surface area contributed by atoms with Crippen molar-refractivity contribution in [2.45, 2.75) is 25.8 Å². The van der Waals surface area contributed by atoms with Crippen LogP contribution in [0.3, 0.4) is 0 Å². The van der Waals surface area contributed by atoms with E-state index in [4.69, 9.17) is 0 Å². The standard InChI is InChI=1S/C8H12N4O2/c1-4(5-2-3-5)9-6-7(13)10-8(14)12-11-6/h4-5H,2-3H2,1H3,(H,9,11)(H2,10,12,13,14). The zero-order valence-corrected chi connectivity index (χ0v) is 7.83. The summed E-state index contributed by atoms with van der Waals surface area (Å²) in [5.41, 5.74) is -1.05. The van der Waals surface area contributed by atoms with Crippen LogP contribution in [0, 0.1) is 5.92 Å². The van der Waals surface area contributed by atoms with Crippen molar-refractivity contribution < 1.29 is 0 Å². The number of H-pyrrole nitrogens is 2. The third kappa shape index (κ3) is 1.84. The lowest BCUT2D eigenvalue weighted by Crippen LogP contribution is -2.30. The van der Waals surface area contributed by atoms with Crippen LogP contribution in [0.1, 0.15) is 19.8 Å². The van der Waals surface area contributed by atoms with E-state index in [1.165, 1.54) is 12.8 Å². The van der Waals surface area contributed by atoms with Crippen molar-refractivity contribution in [3.05, 3.63) is 20.8 Å². The summed E-state index contributed by atoms with van der Waals surface area (Å²) in [4.78, 5) is 24.0. The van der Waals surface area contributed by atoms with E-state index >= 15 is 0 Å². The molecule has 0 spiro atoms. The lowest BCUT2D eigenvalue weighted by Gasteiger charge is -2.11. The molecule has 1 aliphatic rings. The van der Waals surface area contributed by atoms with E-state index in [-0.39, 0.29) is 11.9 Å². The van der Waals surface area contributed by atoms with Crippen molar-refractivity contribution >= 4 is 5.82 Å². The van der Waals surface area contributed by atoms with Crippen LogP contribution in [-0.4, -0.2) is 21.2 Å². The summed E-state index contributed by atoms with van der Waals surface area (Å²) in [5, 5.41) is 8.79.